The van der Waals surface area contributed by atoms with Gasteiger partial charge in [-0.1, -0.05) is 36.4 Å². The van der Waals surface area contributed by atoms with E-state index in [1.165, 1.54) is 11.1 Å². The molecule has 0 spiro atoms. The number of nitrogens with zero attached hydrogens (tertiary/aromatic N) is 4. The summed E-state index contributed by atoms with van der Waals surface area (Å²) >= 11 is 0. The van der Waals surface area contributed by atoms with Crippen molar-refractivity contribution in [2.24, 2.45) is 5.10 Å². The number of carboxylic acids is 1. The molecule has 4 rings (SSSR count). The Bertz CT molecular complexity index is 1130. The lowest BCUT2D eigenvalue weighted by Gasteiger charge is -2.31. The van der Waals surface area contributed by atoms with Crippen LogP contribution in [0.25, 0.3) is 10.9 Å². The number of rotatable bonds is 4. The van der Waals surface area contributed by atoms with E-state index in [0.717, 1.165) is 41.3 Å². The summed E-state index contributed by atoms with van der Waals surface area (Å²) in [5, 5.41) is 13.6. The summed E-state index contributed by atoms with van der Waals surface area (Å²) in [6.45, 7) is 9.71. The predicted molar refractivity (Wildman–Crippen MR) is 114 cm³/mol. The number of benzene rings is 2. The Morgan fingerprint density at radius 2 is 2.03 bits per heavy atom. The molecule has 2 aromatic rings. The van der Waals surface area contributed by atoms with Crippen LogP contribution in [-0.2, 0) is 16.0 Å². The van der Waals surface area contributed by atoms with Crippen molar-refractivity contribution in [3.63, 3.8) is 0 Å². The number of amides is 1. The molecule has 0 saturated carbocycles. The molecule has 0 atom stereocenters. The first kappa shape index (κ1) is 19.4. The van der Waals surface area contributed by atoms with E-state index in [0.29, 0.717) is 0 Å². The van der Waals surface area contributed by atoms with Gasteiger partial charge < -0.3 is 14.9 Å². The predicted octanol–water partition coefficient (Wildman–Crippen LogP) is 3.62. The second kappa shape index (κ2) is 7.84. The molecule has 1 amide bonds. The van der Waals surface area contributed by atoms with Crippen LogP contribution in [0, 0.1) is 13.5 Å². The summed E-state index contributed by atoms with van der Waals surface area (Å²) in [7, 11) is 0. The third-order valence-corrected chi connectivity index (χ3v) is 5.19. The summed E-state index contributed by atoms with van der Waals surface area (Å²) < 4.78 is 0. The van der Waals surface area contributed by atoms with Crippen molar-refractivity contribution in [2.45, 2.75) is 19.8 Å². The van der Waals surface area contributed by atoms with Crippen LogP contribution >= 0.6 is 0 Å². The van der Waals surface area contributed by atoms with Gasteiger partial charge in [-0.3, -0.25) is 9.59 Å². The Morgan fingerprint density at radius 3 is 2.73 bits per heavy atom. The number of hydrazone groups is 1. The lowest BCUT2D eigenvalue weighted by molar-refractivity contribution is -0.142. The standard InChI is InChI=1S/C23H20N4O3/c1-15-5-8-18(9-6-15)26-11-3-4-17-12-16(7-10-20(17)26)13-19-22(24-2)25-27(23(19)30)14-21(28)29/h5-10,12-13H,3-4,11,14H2,1H3,(H,28,29)/b19-13-. The van der Waals surface area contributed by atoms with Crippen LogP contribution in [0.1, 0.15) is 23.1 Å². The van der Waals surface area contributed by atoms with Crippen molar-refractivity contribution in [3.8, 4) is 0 Å². The molecule has 0 bridgehead atoms. The zero-order chi connectivity index (χ0) is 21.3. The highest BCUT2D eigenvalue weighted by molar-refractivity contribution is 6.30. The number of carboxylic acid groups (broad SMARTS) is 1. The van der Waals surface area contributed by atoms with Crippen molar-refractivity contribution < 1.29 is 14.7 Å². The highest BCUT2D eigenvalue weighted by Gasteiger charge is 2.34. The van der Waals surface area contributed by atoms with Crippen LogP contribution in [0.15, 0.2) is 53.1 Å². The molecule has 1 N–H and O–H groups in total. The third kappa shape index (κ3) is 3.67. The monoisotopic (exact) mass is 400 g/mol. The number of aryl methyl sites for hydroxylation is 2. The fourth-order valence-electron chi connectivity index (χ4n) is 3.76. The molecule has 0 radical (unpaired) electrons. The molecule has 0 saturated heterocycles. The van der Waals surface area contributed by atoms with Gasteiger partial charge in [0.2, 0.25) is 0 Å². The molecule has 0 unspecified atom stereocenters. The van der Waals surface area contributed by atoms with Crippen LogP contribution in [0.3, 0.4) is 0 Å². The van der Waals surface area contributed by atoms with Crippen LogP contribution in [0.5, 0.6) is 0 Å². The lowest BCUT2D eigenvalue weighted by Crippen LogP contribution is -2.28. The minimum absolute atomic E-state index is 0.0831. The Morgan fingerprint density at radius 1 is 1.27 bits per heavy atom. The number of carbonyl (C=O) groups excluding carboxylic acids is 1. The Kier molecular flexibility index (Phi) is 5.07. The van der Waals surface area contributed by atoms with Gasteiger partial charge in [0.1, 0.15) is 0 Å². The van der Waals surface area contributed by atoms with E-state index >= 15 is 0 Å². The first-order valence-corrected chi connectivity index (χ1v) is 9.65. The van der Waals surface area contributed by atoms with Gasteiger partial charge in [0, 0.05) is 17.9 Å². The molecule has 7 nitrogen and oxygen atoms in total. The number of carbonyl (C=O) groups is 2. The van der Waals surface area contributed by atoms with Crippen molar-refractivity contribution >= 4 is 35.2 Å². The van der Waals surface area contributed by atoms with Crippen molar-refractivity contribution in [1.82, 2.24) is 5.01 Å². The van der Waals surface area contributed by atoms with Crippen LogP contribution in [-0.4, -0.2) is 40.9 Å². The van der Waals surface area contributed by atoms with Gasteiger partial charge in [-0.2, -0.15) is 0 Å². The fourth-order valence-corrected chi connectivity index (χ4v) is 3.76. The maximum atomic E-state index is 12.5. The first-order chi connectivity index (χ1) is 14.5. The quantitative estimate of drug-likeness (QED) is 0.628. The number of amidine groups is 1. The number of hydrogen-bond acceptors (Lipinski definition) is 4. The van der Waals surface area contributed by atoms with Crippen LogP contribution < -0.4 is 4.90 Å². The van der Waals surface area contributed by atoms with Gasteiger partial charge in [-0.05, 0) is 60.3 Å². The molecule has 2 aliphatic heterocycles. The minimum atomic E-state index is -1.18. The lowest BCUT2D eigenvalue weighted by atomic mass is 9.97. The van der Waals surface area contributed by atoms with E-state index in [9.17, 15) is 9.59 Å². The molecule has 0 aromatic heterocycles. The molecule has 0 fully saturated rings. The molecular formula is C23H20N4O3. The van der Waals surface area contributed by atoms with Crippen molar-refractivity contribution in [1.29, 1.82) is 0 Å². The zero-order valence-corrected chi connectivity index (χ0v) is 16.5. The number of fused-ring (bicyclic) bond motifs is 1. The Hall–Kier alpha value is -3.92. The molecule has 7 heteroatoms. The fraction of sp³-hybridized carbons (Fsp3) is 0.217. The van der Waals surface area contributed by atoms with Crippen molar-refractivity contribution in [2.75, 3.05) is 18.0 Å². The average Bonchev–Trinajstić information content (AvgIpc) is 3.02. The van der Waals surface area contributed by atoms with E-state index < -0.39 is 18.4 Å². The maximum absolute atomic E-state index is 12.5. The first-order valence-electron chi connectivity index (χ1n) is 9.65. The minimum Gasteiger partial charge on any atom is -0.480 e. The highest BCUT2D eigenvalue weighted by atomic mass is 16.4. The maximum Gasteiger partial charge on any atom is 0.327 e. The number of hydrogen-bond donors (Lipinski definition) is 1. The average molecular weight is 400 g/mol. The van der Waals surface area contributed by atoms with E-state index in [4.69, 9.17) is 11.7 Å². The SMILES string of the molecule is [C-]#[N+]C1=NN(CC(=O)O)C(=O)/C1=C\c1ccc2c(c1)CCCN2c1ccc(C)cc1. The second-order valence-corrected chi connectivity index (χ2v) is 7.33. The smallest absolute Gasteiger partial charge is 0.327 e. The third-order valence-electron chi connectivity index (χ3n) is 5.19. The van der Waals surface area contributed by atoms with Gasteiger partial charge >= 0.3 is 11.8 Å². The van der Waals surface area contributed by atoms with Crippen molar-refractivity contribution in [3.05, 3.63) is 76.1 Å². The van der Waals surface area contributed by atoms with E-state index in [2.05, 4.69) is 46.0 Å². The topological polar surface area (TPSA) is 77.6 Å². The van der Waals surface area contributed by atoms with Gasteiger partial charge in [-0.25, -0.2) is 0 Å². The molecule has 30 heavy (non-hydrogen) atoms. The van der Waals surface area contributed by atoms with Gasteiger partial charge in [-0.15, -0.1) is 5.01 Å². The van der Waals surface area contributed by atoms with E-state index in [1.807, 2.05) is 18.2 Å². The van der Waals surface area contributed by atoms with Crippen LogP contribution in [0.2, 0.25) is 0 Å². The summed E-state index contributed by atoms with van der Waals surface area (Å²) in [4.78, 5) is 29.0. The molecule has 2 aromatic carbocycles. The van der Waals surface area contributed by atoms with Crippen LogP contribution in [0.4, 0.5) is 11.4 Å². The summed E-state index contributed by atoms with van der Waals surface area (Å²) in [6, 6.07) is 14.4. The highest BCUT2D eigenvalue weighted by Crippen LogP contribution is 2.34. The molecule has 0 aliphatic carbocycles. The van der Waals surface area contributed by atoms with Gasteiger partial charge in [0.15, 0.2) is 6.54 Å². The zero-order valence-electron chi connectivity index (χ0n) is 16.5. The number of anilines is 2. The molecular weight excluding hydrogens is 380 g/mol. The largest absolute Gasteiger partial charge is 0.480 e. The molecule has 150 valence electrons. The van der Waals surface area contributed by atoms with E-state index in [-0.39, 0.29) is 11.4 Å². The molecule has 2 aliphatic rings. The molecule has 2 heterocycles. The second-order valence-electron chi connectivity index (χ2n) is 7.33. The van der Waals surface area contributed by atoms with E-state index in [1.54, 1.807) is 6.08 Å². The summed E-state index contributed by atoms with van der Waals surface area (Å²) in [5.74, 6) is -1.83. The number of aliphatic carboxylic acids is 1. The summed E-state index contributed by atoms with van der Waals surface area (Å²) in [6.07, 6.45) is 3.56. The van der Waals surface area contributed by atoms with Gasteiger partial charge in [0.25, 0.3) is 5.91 Å². The Balaban J connectivity index is 1.65. The van der Waals surface area contributed by atoms with Gasteiger partial charge in [0.05, 0.1) is 5.57 Å². The summed E-state index contributed by atoms with van der Waals surface area (Å²) in [5.41, 5.74) is 5.58. The Labute approximate surface area is 174 Å². The normalized spacial score (nSPS) is 17.0.